The lowest BCUT2D eigenvalue weighted by Gasteiger charge is -2.16. The van der Waals surface area contributed by atoms with Crippen LogP contribution in [0.3, 0.4) is 0 Å². The van der Waals surface area contributed by atoms with Crippen molar-refractivity contribution >= 4 is 35.5 Å². The molecule has 0 spiro atoms. The maximum absolute atomic E-state index is 12.8. The fourth-order valence-electron chi connectivity index (χ4n) is 2.88. The van der Waals surface area contributed by atoms with Crippen molar-refractivity contribution in [2.24, 2.45) is 0 Å². The summed E-state index contributed by atoms with van der Waals surface area (Å²) >= 11 is 5.88. The molecule has 0 radical (unpaired) electrons. The zero-order chi connectivity index (χ0) is 25.8. The molecule has 8 nitrogen and oxygen atoms in total. The maximum Gasteiger partial charge on any atom is 0.338 e. The lowest BCUT2D eigenvalue weighted by atomic mass is 10.1. The largest absolute Gasteiger partial charge is 0.457 e. The van der Waals surface area contributed by atoms with E-state index < -0.39 is 23.9 Å². The number of benzene rings is 2. The van der Waals surface area contributed by atoms with Gasteiger partial charge in [-0.2, -0.15) is 0 Å². The van der Waals surface area contributed by atoms with E-state index in [-0.39, 0.29) is 48.7 Å². The average Bonchev–Trinajstić information content (AvgIpc) is 2.80. The summed E-state index contributed by atoms with van der Waals surface area (Å²) in [5, 5.41) is 0.547. The van der Waals surface area contributed by atoms with Crippen molar-refractivity contribution in [3.8, 4) is 17.2 Å². The summed E-state index contributed by atoms with van der Waals surface area (Å²) in [5.41, 5.74) is 0.657. The molecular weight excluding hydrogens is 476 g/mol. The fraction of sp³-hybridized carbons (Fsp3) is 0.385. The van der Waals surface area contributed by atoms with Gasteiger partial charge >= 0.3 is 23.9 Å². The Hall–Kier alpha value is -3.39. The minimum Gasteiger partial charge on any atom is -0.457 e. The van der Waals surface area contributed by atoms with Crippen LogP contribution in [0.5, 0.6) is 17.2 Å². The summed E-state index contributed by atoms with van der Waals surface area (Å²) in [6, 6.07) is 9.21. The third kappa shape index (κ3) is 9.05. The zero-order valence-electron chi connectivity index (χ0n) is 20.1. The fourth-order valence-corrected chi connectivity index (χ4v) is 3.01. The van der Waals surface area contributed by atoms with Crippen LogP contribution in [0.1, 0.15) is 75.2 Å². The van der Waals surface area contributed by atoms with Crippen molar-refractivity contribution in [3.05, 3.63) is 52.5 Å². The highest BCUT2D eigenvalue weighted by molar-refractivity contribution is 6.30. The summed E-state index contributed by atoms with van der Waals surface area (Å²) in [6.07, 6.45) is 1.84. The molecule has 35 heavy (non-hydrogen) atoms. The number of hydrogen-bond acceptors (Lipinski definition) is 8. The maximum atomic E-state index is 12.8. The molecule has 2 aromatic rings. The molecule has 0 aliphatic rings. The smallest absolute Gasteiger partial charge is 0.338 e. The Balaban J connectivity index is 2.44. The highest BCUT2D eigenvalue weighted by Crippen LogP contribution is 2.40. The van der Waals surface area contributed by atoms with Crippen molar-refractivity contribution in [1.82, 2.24) is 0 Å². The van der Waals surface area contributed by atoms with Gasteiger partial charge in [0.25, 0.3) is 0 Å². The van der Waals surface area contributed by atoms with Gasteiger partial charge in [-0.05, 0) is 49.1 Å². The molecule has 0 saturated carbocycles. The molecule has 0 aromatic heterocycles. The molecule has 0 fully saturated rings. The topological polar surface area (TPSA) is 105 Å². The number of hydrogen-bond donors (Lipinski definition) is 0. The predicted octanol–water partition coefficient (Wildman–Crippen LogP) is 5.81. The molecular formula is C26H29ClO8. The van der Waals surface area contributed by atoms with E-state index in [1.807, 2.05) is 0 Å². The summed E-state index contributed by atoms with van der Waals surface area (Å²) in [5.74, 6) is -3.23. The Labute approximate surface area is 209 Å². The summed E-state index contributed by atoms with van der Waals surface area (Å²) in [4.78, 5) is 49.5. The van der Waals surface area contributed by atoms with E-state index in [9.17, 15) is 19.2 Å². The Morgan fingerprint density at radius 3 is 1.63 bits per heavy atom. The Bertz CT molecular complexity index is 1000. The molecule has 2 aromatic carbocycles. The molecule has 0 unspecified atom stereocenters. The summed E-state index contributed by atoms with van der Waals surface area (Å²) in [7, 11) is 0. The van der Waals surface area contributed by atoms with Crippen molar-refractivity contribution in [1.29, 1.82) is 0 Å². The first-order chi connectivity index (χ1) is 16.8. The zero-order valence-corrected chi connectivity index (χ0v) is 20.8. The van der Waals surface area contributed by atoms with Gasteiger partial charge in [0.2, 0.25) is 5.75 Å². The average molecular weight is 505 g/mol. The minimum absolute atomic E-state index is 0.0425. The van der Waals surface area contributed by atoms with E-state index in [4.69, 9.17) is 30.5 Å². The van der Waals surface area contributed by atoms with E-state index in [1.165, 1.54) is 12.1 Å². The van der Waals surface area contributed by atoms with Crippen molar-refractivity contribution in [2.45, 2.75) is 65.9 Å². The highest BCUT2D eigenvalue weighted by Gasteiger charge is 2.25. The van der Waals surface area contributed by atoms with Gasteiger partial charge in [-0.25, -0.2) is 4.79 Å². The minimum atomic E-state index is -0.757. The van der Waals surface area contributed by atoms with Crippen molar-refractivity contribution in [3.63, 3.8) is 0 Å². The van der Waals surface area contributed by atoms with E-state index in [0.717, 1.165) is 0 Å². The molecule has 0 amide bonds. The van der Waals surface area contributed by atoms with Crippen LogP contribution in [0, 0.1) is 0 Å². The highest BCUT2D eigenvalue weighted by atomic mass is 35.5. The van der Waals surface area contributed by atoms with Crippen LogP contribution in [0.15, 0.2) is 36.4 Å². The number of carbonyl (C=O) groups is 4. The lowest BCUT2D eigenvalue weighted by Crippen LogP contribution is -2.16. The molecule has 0 saturated heterocycles. The van der Waals surface area contributed by atoms with Crippen LogP contribution < -0.4 is 14.2 Å². The van der Waals surface area contributed by atoms with Crippen molar-refractivity contribution < 1.29 is 38.1 Å². The molecule has 2 rings (SSSR count). The Kier molecular flexibility index (Phi) is 11.2. The van der Waals surface area contributed by atoms with Crippen LogP contribution in [0.4, 0.5) is 0 Å². The molecule has 0 aliphatic carbocycles. The number of halogens is 1. The van der Waals surface area contributed by atoms with E-state index in [1.54, 1.807) is 45.0 Å². The molecule has 188 valence electrons. The first-order valence-electron chi connectivity index (χ1n) is 11.5. The van der Waals surface area contributed by atoms with E-state index >= 15 is 0 Å². The van der Waals surface area contributed by atoms with E-state index in [2.05, 4.69) is 0 Å². The van der Waals surface area contributed by atoms with Gasteiger partial charge in [-0.1, -0.05) is 44.5 Å². The van der Waals surface area contributed by atoms with Gasteiger partial charge in [0.05, 0.1) is 5.56 Å². The summed E-state index contributed by atoms with van der Waals surface area (Å²) < 4.78 is 21.5. The number of esters is 4. The van der Waals surface area contributed by atoms with Gasteiger partial charge < -0.3 is 18.9 Å². The second-order valence-corrected chi connectivity index (χ2v) is 8.11. The van der Waals surface area contributed by atoms with Crippen LogP contribution in [-0.4, -0.2) is 23.9 Å². The van der Waals surface area contributed by atoms with Gasteiger partial charge in [0.1, 0.15) is 6.61 Å². The Morgan fingerprint density at radius 1 is 0.714 bits per heavy atom. The third-order valence-electron chi connectivity index (χ3n) is 4.57. The standard InChI is InChI=1S/C26H29ClO8/c1-4-7-22(28)33-20-14-18(26(31)32-16-17-10-12-19(27)13-11-17)15-21(34-23(29)8-5-2)25(20)35-24(30)9-6-3/h10-15H,4-9,16H2,1-3H3. The molecule has 0 heterocycles. The molecule has 0 N–H and O–H groups in total. The first kappa shape index (κ1) is 27.9. The third-order valence-corrected chi connectivity index (χ3v) is 4.82. The number of ether oxygens (including phenoxy) is 4. The van der Waals surface area contributed by atoms with Gasteiger partial charge in [0.15, 0.2) is 11.5 Å². The second-order valence-electron chi connectivity index (χ2n) is 7.68. The number of rotatable bonds is 12. The summed E-state index contributed by atoms with van der Waals surface area (Å²) in [6.45, 7) is 5.35. The molecule has 0 aliphatic heterocycles. The van der Waals surface area contributed by atoms with Crippen LogP contribution in [-0.2, 0) is 25.7 Å². The first-order valence-corrected chi connectivity index (χ1v) is 11.9. The molecule has 0 atom stereocenters. The SMILES string of the molecule is CCCC(=O)Oc1cc(C(=O)OCc2ccc(Cl)cc2)cc(OC(=O)CCC)c1OC(=O)CCC. The van der Waals surface area contributed by atoms with Gasteiger partial charge in [-0.15, -0.1) is 0 Å². The lowest BCUT2D eigenvalue weighted by molar-refractivity contribution is -0.138. The molecule has 0 bridgehead atoms. The van der Waals surface area contributed by atoms with Gasteiger partial charge in [0, 0.05) is 24.3 Å². The molecule has 9 heteroatoms. The quantitative estimate of drug-likeness (QED) is 0.263. The monoisotopic (exact) mass is 504 g/mol. The van der Waals surface area contributed by atoms with Gasteiger partial charge in [-0.3, -0.25) is 14.4 Å². The van der Waals surface area contributed by atoms with Crippen LogP contribution >= 0.6 is 11.6 Å². The van der Waals surface area contributed by atoms with Crippen LogP contribution in [0.2, 0.25) is 5.02 Å². The normalized spacial score (nSPS) is 10.4. The predicted molar refractivity (Wildman–Crippen MR) is 129 cm³/mol. The second kappa shape index (κ2) is 14.1. The van der Waals surface area contributed by atoms with E-state index in [0.29, 0.717) is 29.8 Å². The van der Waals surface area contributed by atoms with Crippen molar-refractivity contribution in [2.75, 3.05) is 0 Å². The van der Waals surface area contributed by atoms with Crippen LogP contribution in [0.25, 0.3) is 0 Å². The number of carbonyl (C=O) groups excluding carboxylic acids is 4. The Morgan fingerprint density at radius 2 is 1.17 bits per heavy atom.